The first-order valence-corrected chi connectivity index (χ1v) is 9.32. The quantitative estimate of drug-likeness (QED) is 0.857. The summed E-state index contributed by atoms with van der Waals surface area (Å²) >= 11 is 5.92. The predicted octanol–water partition coefficient (Wildman–Crippen LogP) is 4.26. The molecule has 1 saturated heterocycles. The van der Waals surface area contributed by atoms with Gasteiger partial charge in [0, 0.05) is 42.7 Å². The molecule has 2 atom stereocenters. The molecule has 0 aliphatic carbocycles. The van der Waals surface area contributed by atoms with Crippen LogP contribution in [0.15, 0.2) is 48.5 Å². The Bertz CT molecular complexity index is 838. The number of carbonyl (C=O) groups excluding carboxylic acids is 1. The van der Waals surface area contributed by atoms with E-state index < -0.39 is 6.09 Å². The van der Waals surface area contributed by atoms with Gasteiger partial charge in [-0.3, -0.25) is 4.79 Å². The van der Waals surface area contributed by atoms with Gasteiger partial charge in [0.15, 0.2) is 0 Å². The average Bonchev–Trinajstić information content (AvgIpc) is 2.67. The maximum Gasteiger partial charge on any atom is 0.407 e. The van der Waals surface area contributed by atoms with E-state index in [1.807, 2.05) is 31.2 Å². The Morgan fingerprint density at radius 3 is 2.44 bits per heavy atom. The molecule has 2 unspecified atom stereocenters. The minimum atomic E-state index is -0.918. The Morgan fingerprint density at radius 2 is 1.81 bits per heavy atom. The third-order valence-corrected chi connectivity index (χ3v) is 5.60. The van der Waals surface area contributed by atoms with Crippen LogP contribution >= 0.6 is 11.6 Å². The van der Waals surface area contributed by atoms with Crippen LogP contribution in [0.3, 0.4) is 0 Å². The predicted molar refractivity (Wildman–Crippen MR) is 105 cm³/mol. The van der Waals surface area contributed by atoms with Crippen LogP contribution in [0, 0.1) is 6.92 Å². The second kappa shape index (κ2) is 8.01. The van der Waals surface area contributed by atoms with Crippen LogP contribution in [0.4, 0.5) is 4.79 Å². The minimum absolute atomic E-state index is 0.0719. The number of benzene rings is 2. The highest BCUT2D eigenvalue weighted by molar-refractivity contribution is 6.30. The lowest BCUT2D eigenvalue weighted by molar-refractivity contribution is 0.0590. The van der Waals surface area contributed by atoms with Crippen molar-refractivity contribution in [2.45, 2.75) is 25.3 Å². The lowest BCUT2D eigenvalue weighted by atomic mass is 9.83. The van der Waals surface area contributed by atoms with Crippen molar-refractivity contribution >= 4 is 23.6 Å². The highest BCUT2D eigenvalue weighted by atomic mass is 35.5. The summed E-state index contributed by atoms with van der Waals surface area (Å²) in [5.74, 6) is -0.156. The Morgan fingerprint density at radius 1 is 1.15 bits per heavy atom. The number of nitrogens with zero attached hydrogens (tertiary/aromatic N) is 2. The second-order valence-corrected chi connectivity index (χ2v) is 7.41. The number of halogens is 1. The van der Waals surface area contributed by atoms with Gasteiger partial charge in [-0.15, -0.1) is 0 Å². The summed E-state index contributed by atoms with van der Waals surface area (Å²) in [6.07, 6.45) is -0.320. The largest absolute Gasteiger partial charge is 0.465 e. The average molecular weight is 387 g/mol. The molecule has 0 bridgehead atoms. The van der Waals surface area contributed by atoms with Crippen molar-refractivity contribution < 1.29 is 14.7 Å². The molecule has 1 heterocycles. The molecule has 5 nitrogen and oxygen atoms in total. The second-order valence-electron chi connectivity index (χ2n) is 6.97. The van der Waals surface area contributed by atoms with Crippen LogP contribution in [-0.2, 0) is 0 Å². The summed E-state index contributed by atoms with van der Waals surface area (Å²) < 4.78 is 0. The number of carboxylic acid groups (broad SMARTS) is 1. The molecule has 1 fully saturated rings. The van der Waals surface area contributed by atoms with Gasteiger partial charge in [0.2, 0.25) is 0 Å². The van der Waals surface area contributed by atoms with Gasteiger partial charge in [-0.05, 0) is 48.7 Å². The van der Waals surface area contributed by atoms with Gasteiger partial charge in [0.05, 0.1) is 0 Å². The third kappa shape index (κ3) is 4.08. The number of amides is 2. The SMILES string of the molecule is Cc1ccccc1C1CN(C(=O)O)CCC1N(C)C(=O)c1ccc(Cl)cc1. The van der Waals surface area contributed by atoms with Crippen LogP contribution in [0.5, 0.6) is 0 Å². The molecule has 1 aliphatic rings. The molecular weight excluding hydrogens is 364 g/mol. The number of carbonyl (C=O) groups is 2. The highest BCUT2D eigenvalue weighted by Gasteiger charge is 2.37. The zero-order valence-electron chi connectivity index (χ0n) is 15.4. The van der Waals surface area contributed by atoms with E-state index >= 15 is 0 Å². The molecule has 0 aromatic heterocycles. The lowest BCUT2D eigenvalue weighted by Gasteiger charge is -2.42. The van der Waals surface area contributed by atoms with E-state index in [0.29, 0.717) is 30.1 Å². The zero-order chi connectivity index (χ0) is 19.6. The number of hydrogen-bond acceptors (Lipinski definition) is 2. The monoisotopic (exact) mass is 386 g/mol. The fourth-order valence-electron chi connectivity index (χ4n) is 3.83. The van der Waals surface area contributed by atoms with Gasteiger partial charge < -0.3 is 14.9 Å². The Labute approximate surface area is 164 Å². The molecule has 0 saturated carbocycles. The van der Waals surface area contributed by atoms with Gasteiger partial charge in [0.25, 0.3) is 5.91 Å². The molecule has 2 aromatic carbocycles. The molecule has 2 amide bonds. The summed E-state index contributed by atoms with van der Waals surface area (Å²) in [7, 11) is 1.79. The maximum absolute atomic E-state index is 13.0. The topological polar surface area (TPSA) is 60.9 Å². The number of hydrogen-bond donors (Lipinski definition) is 1. The standard InChI is InChI=1S/C21H23ClN2O3/c1-14-5-3-4-6-17(14)18-13-24(21(26)27)12-11-19(18)23(2)20(25)15-7-9-16(22)10-8-15/h3-10,18-19H,11-13H2,1-2H3,(H,26,27). The first-order chi connectivity index (χ1) is 12.9. The van der Waals surface area contributed by atoms with Crippen molar-refractivity contribution in [2.24, 2.45) is 0 Å². The zero-order valence-corrected chi connectivity index (χ0v) is 16.2. The van der Waals surface area contributed by atoms with Gasteiger partial charge in [0.1, 0.15) is 0 Å². The molecule has 27 heavy (non-hydrogen) atoms. The number of likely N-dealkylation sites (N-methyl/N-ethyl adjacent to an activating group) is 1. The normalized spacial score (nSPS) is 19.6. The molecule has 0 radical (unpaired) electrons. The molecule has 1 N–H and O–H groups in total. The van der Waals surface area contributed by atoms with E-state index in [1.54, 1.807) is 36.2 Å². The Kier molecular flexibility index (Phi) is 5.71. The first kappa shape index (κ1) is 19.2. The first-order valence-electron chi connectivity index (χ1n) is 8.94. The van der Waals surface area contributed by atoms with Crippen molar-refractivity contribution in [3.8, 4) is 0 Å². The molecule has 0 spiro atoms. The van der Waals surface area contributed by atoms with E-state index in [0.717, 1.165) is 11.1 Å². The minimum Gasteiger partial charge on any atom is -0.465 e. The number of piperidine rings is 1. The van der Waals surface area contributed by atoms with Crippen molar-refractivity contribution in [1.29, 1.82) is 0 Å². The van der Waals surface area contributed by atoms with Crippen LogP contribution in [0.2, 0.25) is 5.02 Å². The summed E-state index contributed by atoms with van der Waals surface area (Å²) in [4.78, 5) is 27.7. The van der Waals surface area contributed by atoms with Crippen molar-refractivity contribution in [3.63, 3.8) is 0 Å². The van der Waals surface area contributed by atoms with E-state index in [2.05, 4.69) is 0 Å². The van der Waals surface area contributed by atoms with Crippen LogP contribution < -0.4 is 0 Å². The summed E-state index contributed by atoms with van der Waals surface area (Å²) in [5, 5.41) is 10.0. The molecular formula is C21H23ClN2O3. The Balaban J connectivity index is 1.91. The fraction of sp³-hybridized carbons (Fsp3) is 0.333. The third-order valence-electron chi connectivity index (χ3n) is 5.34. The van der Waals surface area contributed by atoms with E-state index in [1.165, 1.54) is 4.90 Å². The molecule has 6 heteroatoms. The van der Waals surface area contributed by atoms with Gasteiger partial charge in [-0.2, -0.15) is 0 Å². The van der Waals surface area contributed by atoms with E-state index in [4.69, 9.17) is 11.6 Å². The molecule has 3 rings (SSSR count). The lowest BCUT2D eigenvalue weighted by Crippen LogP contribution is -2.51. The molecule has 2 aromatic rings. The van der Waals surface area contributed by atoms with E-state index in [9.17, 15) is 14.7 Å². The summed E-state index contributed by atoms with van der Waals surface area (Å²) in [6.45, 7) is 2.82. The highest BCUT2D eigenvalue weighted by Crippen LogP contribution is 2.33. The van der Waals surface area contributed by atoms with E-state index in [-0.39, 0.29) is 17.9 Å². The van der Waals surface area contributed by atoms with Gasteiger partial charge >= 0.3 is 6.09 Å². The van der Waals surface area contributed by atoms with Crippen LogP contribution in [0.1, 0.15) is 33.8 Å². The number of aryl methyl sites for hydroxylation is 1. The van der Waals surface area contributed by atoms with Crippen molar-refractivity contribution in [1.82, 2.24) is 9.80 Å². The van der Waals surface area contributed by atoms with Gasteiger partial charge in [-0.25, -0.2) is 4.79 Å². The number of rotatable bonds is 3. The van der Waals surface area contributed by atoms with Crippen molar-refractivity contribution in [2.75, 3.05) is 20.1 Å². The Hall–Kier alpha value is -2.53. The van der Waals surface area contributed by atoms with Gasteiger partial charge in [-0.1, -0.05) is 35.9 Å². The number of likely N-dealkylation sites (tertiary alicyclic amines) is 1. The van der Waals surface area contributed by atoms with Crippen LogP contribution in [-0.4, -0.2) is 53.1 Å². The summed E-state index contributed by atoms with van der Waals surface area (Å²) in [5.41, 5.74) is 2.77. The fourth-order valence-corrected chi connectivity index (χ4v) is 3.96. The smallest absolute Gasteiger partial charge is 0.407 e. The maximum atomic E-state index is 13.0. The molecule has 142 valence electrons. The van der Waals surface area contributed by atoms with Crippen molar-refractivity contribution in [3.05, 3.63) is 70.2 Å². The van der Waals surface area contributed by atoms with Crippen LogP contribution in [0.25, 0.3) is 0 Å². The molecule has 1 aliphatic heterocycles. The summed E-state index contributed by atoms with van der Waals surface area (Å²) in [6, 6.07) is 14.7.